The maximum atomic E-state index is 6.77. The number of rotatable bonds is 5. The Bertz CT molecular complexity index is 1470. The number of nitrogens with zero attached hydrogens (tertiary/aromatic N) is 6. The highest BCUT2D eigenvalue weighted by Gasteiger charge is 2.46. The number of halogens is 1. The number of fused-ring (bicyclic) bond motifs is 2. The molecule has 0 amide bonds. The molecular formula is C25H29B2ClN8S. The lowest BCUT2D eigenvalue weighted by Gasteiger charge is -2.42. The van der Waals surface area contributed by atoms with Crippen molar-refractivity contribution < 1.29 is 0 Å². The number of aryl methyl sites for hydroxylation is 1. The summed E-state index contributed by atoms with van der Waals surface area (Å²) < 4.78 is 2.10. The Morgan fingerprint density at radius 3 is 2.73 bits per heavy atom. The van der Waals surface area contributed by atoms with Crippen molar-refractivity contribution in [3.63, 3.8) is 0 Å². The molecule has 4 aromatic rings. The molecule has 4 aromatic heterocycles. The van der Waals surface area contributed by atoms with Gasteiger partial charge in [0.15, 0.2) is 5.65 Å². The van der Waals surface area contributed by atoms with Gasteiger partial charge in [0.05, 0.1) is 15.6 Å². The van der Waals surface area contributed by atoms with Gasteiger partial charge in [-0.3, -0.25) is 9.38 Å². The Labute approximate surface area is 227 Å². The molecule has 1 spiro atoms. The van der Waals surface area contributed by atoms with E-state index in [9.17, 15) is 0 Å². The minimum atomic E-state index is 0.0419. The van der Waals surface area contributed by atoms with Crippen LogP contribution in [0.1, 0.15) is 35.8 Å². The van der Waals surface area contributed by atoms with Crippen LogP contribution in [0.2, 0.25) is 5.02 Å². The molecule has 37 heavy (non-hydrogen) atoms. The fourth-order valence-corrected chi connectivity index (χ4v) is 6.93. The Hall–Kier alpha value is -2.75. The van der Waals surface area contributed by atoms with Crippen molar-refractivity contribution >= 4 is 56.5 Å². The van der Waals surface area contributed by atoms with E-state index in [1.54, 1.807) is 18.0 Å². The molecule has 2 aliphatic rings. The average molecular weight is 531 g/mol. The number of anilines is 2. The normalized spacial score (nSPS) is 18.6. The van der Waals surface area contributed by atoms with Gasteiger partial charge in [0.1, 0.15) is 21.5 Å². The van der Waals surface area contributed by atoms with Gasteiger partial charge in [0.2, 0.25) is 5.95 Å². The minimum absolute atomic E-state index is 0.0419. The molecule has 3 N–H and O–H groups in total. The fourth-order valence-electron chi connectivity index (χ4n) is 5.68. The Kier molecular flexibility index (Phi) is 6.33. The van der Waals surface area contributed by atoms with E-state index in [4.69, 9.17) is 27.3 Å². The lowest BCUT2D eigenvalue weighted by molar-refractivity contribution is 0.186. The second kappa shape index (κ2) is 9.53. The van der Waals surface area contributed by atoms with Gasteiger partial charge >= 0.3 is 0 Å². The molecule has 1 aliphatic heterocycles. The molecule has 0 saturated carbocycles. The van der Waals surface area contributed by atoms with E-state index >= 15 is 0 Å². The van der Waals surface area contributed by atoms with Crippen molar-refractivity contribution in [1.29, 1.82) is 0 Å². The van der Waals surface area contributed by atoms with Crippen molar-refractivity contribution in [2.24, 2.45) is 11.1 Å². The second-order valence-electron chi connectivity index (χ2n) is 10.4. The minimum Gasteiger partial charge on any atom is -0.382 e. The molecule has 6 rings (SSSR count). The van der Waals surface area contributed by atoms with Gasteiger partial charge in [0, 0.05) is 54.5 Å². The van der Waals surface area contributed by atoms with Crippen LogP contribution in [0.5, 0.6) is 0 Å². The first-order valence-electron chi connectivity index (χ1n) is 12.7. The molecule has 0 unspecified atom stereocenters. The van der Waals surface area contributed by atoms with Gasteiger partial charge in [0.25, 0.3) is 0 Å². The number of hydrogen-bond donors (Lipinski definition) is 2. The maximum absolute atomic E-state index is 6.77. The average Bonchev–Trinajstić information content (AvgIpc) is 3.47. The van der Waals surface area contributed by atoms with E-state index in [1.807, 2.05) is 37.6 Å². The predicted molar refractivity (Wildman–Crippen MR) is 154 cm³/mol. The van der Waals surface area contributed by atoms with E-state index in [0.29, 0.717) is 10.8 Å². The summed E-state index contributed by atoms with van der Waals surface area (Å²) in [6.07, 6.45) is 10.5. The first kappa shape index (κ1) is 24.6. The third-order valence-electron chi connectivity index (χ3n) is 7.63. The zero-order valence-corrected chi connectivity index (χ0v) is 22.9. The molecule has 1 aliphatic carbocycles. The third kappa shape index (κ3) is 4.27. The maximum Gasteiger partial charge on any atom is 0.211 e. The molecule has 1 atom stereocenters. The van der Waals surface area contributed by atoms with Crippen LogP contribution in [0.3, 0.4) is 0 Å². The van der Waals surface area contributed by atoms with Gasteiger partial charge < -0.3 is 16.0 Å². The van der Waals surface area contributed by atoms with Crippen molar-refractivity contribution in [3.8, 4) is 0 Å². The topological polar surface area (TPSA) is 97.3 Å². The number of aromatic nitrogens is 5. The Balaban J connectivity index is 1.27. The monoisotopic (exact) mass is 530 g/mol. The van der Waals surface area contributed by atoms with E-state index < -0.39 is 0 Å². The highest BCUT2D eigenvalue weighted by Crippen LogP contribution is 2.50. The van der Waals surface area contributed by atoms with Crippen LogP contribution < -0.4 is 16.0 Å². The number of piperidine rings is 1. The van der Waals surface area contributed by atoms with Crippen LogP contribution in [0.25, 0.3) is 5.65 Å². The molecule has 12 heteroatoms. The molecule has 188 valence electrons. The summed E-state index contributed by atoms with van der Waals surface area (Å²) >= 11 is 8.30. The van der Waals surface area contributed by atoms with Gasteiger partial charge in [-0.15, -0.1) is 0 Å². The van der Waals surface area contributed by atoms with Crippen LogP contribution in [-0.4, -0.2) is 59.0 Å². The van der Waals surface area contributed by atoms with Crippen molar-refractivity contribution in [2.75, 3.05) is 23.3 Å². The molecule has 1 fully saturated rings. The quantitative estimate of drug-likeness (QED) is 0.380. The third-order valence-corrected chi connectivity index (χ3v) is 9.37. The summed E-state index contributed by atoms with van der Waals surface area (Å²) in [7, 11) is 4.13. The fraction of sp³-hybridized carbons (Fsp3) is 0.360. The van der Waals surface area contributed by atoms with Crippen LogP contribution in [0.4, 0.5) is 11.8 Å². The molecule has 0 aromatic carbocycles. The molecular weight excluding hydrogens is 501 g/mol. The number of nitrogens with one attached hydrogen (secondary N) is 1. The van der Waals surface area contributed by atoms with Crippen LogP contribution in [0, 0.1) is 12.3 Å². The summed E-state index contributed by atoms with van der Waals surface area (Å²) in [6.45, 7) is 3.84. The standard InChI is InChI=1S/C25H29B2ClN8S/c1-14-19(37-17-4-8-31-21(18(17)28)34-23(26)27)22-32-9-12-36(22)24(33-14)35-10-5-25(6-11-35)13-16-15(20(25)29)3-2-7-30-16/h2-4,7-9,12,20,23H,5-6,10-11,13,26-27,29H2,1H3,(H,31,34)/t20-/m1/s1. The summed E-state index contributed by atoms with van der Waals surface area (Å²) in [5.74, 6) is 1.85. The van der Waals surface area contributed by atoms with Gasteiger partial charge in [-0.2, -0.15) is 0 Å². The first-order chi connectivity index (χ1) is 17.9. The largest absolute Gasteiger partial charge is 0.382 e. The van der Waals surface area contributed by atoms with E-state index in [2.05, 4.69) is 46.3 Å². The summed E-state index contributed by atoms with van der Waals surface area (Å²) in [6, 6.07) is 6.12. The van der Waals surface area contributed by atoms with Crippen LogP contribution >= 0.6 is 23.4 Å². The highest BCUT2D eigenvalue weighted by atomic mass is 35.5. The smallest absolute Gasteiger partial charge is 0.211 e. The van der Waals surface area contributed by atoms with Crippen molar-refractivity contribution in [1.82, 2.24) is 24.3 Å². The van der Waals surface area contributed by atoms with E-state index in [-0.39, 0.29) is 17.3 Å². The van der Waals surface area contributed by atoms with Crippen LogP contribution in [0.15, 0.2) is 52.8 Å². The number of hydrogen-bond acceptors (Lipinski definition) is 8. The first-order valence-corrected chi connectivity index (χ1v) is 13.9. The summed E-state index contributed by atoms with van der Waals surface area (Å²) in [4.78, 5) is 23.1. The molecule has 0 bridgehead atoms. The zero-order valence-electron chi connectivity index (χ0n) is 21.3. The highest BCUT2D eigenvalue weighted by molar-refractivity contribution is 7.99. The lowest BCUT2D eigenvalue weighted by Crippen LogP contribution is -2.45. The summed E-state index contributed by atoms with van der Waals surface area (Å²) in [5, 5.41) is 3.93. The van der Waals surface area contributed by atoms with E-state index in [0.717, 1.165) is 65.1 Å². The predicted octanol–water partition coefficient (Wildman–Crippen LogP) is 2.44. The number of imidazole rings is 1. The molecule has 0 radical (unpaired) electrons. The lowest BCUT2D eigenvalue weighted by atomic mass is 9.73. The molecule has 8 nitrogen and oxygen atoms in total. The van der Waals surface area contributed by atoms with Crippen molar-refractivity contribution in [3.05, 3.63) is 65.0 Å². The van der Waals surface area contributed by atoms with Crippen molar-refractivity contribution in [2.45, 2.75) is 47.9 Å². The van der Waals surface area contributed by atoms with Gasteiger partial charge in [-0.25, -0.2) is 15.0 Å². The number of pyridine rings is 2. The molecule has 1 saturated heterocycles. The van der Waals surface area contributed by atoms with Gasteiger partial charge in [-0.05, 0) is 55.1 Å². The Morgan fingerprint density at radius 2 is 1.97 bits per heavy atom. The van der Waals surface area contributed by atoms with Gasteiger partial charge in [-0.1, -0.05) is 29.4 Å². The summed E-state index contributed by atoms with van der Waals surface area (Å²) in [5.41, 5.74) is 11.0. The van der Waals surface area contributed by atoms with Crippen LogP contribution in [-0.2, 0) is 6.42 Å². The Morgan fingerprint density at radius 1 is 1.16 bits per heavy atom. The van der Waals surface area contributed by atoms with E-state index in [1.165, 1.54) is 5.56 Å². The second-order valence-corrected chi connectivity index (χ2v) is 11.8. The SMILES string of the molecule is BC(B)Nc1nccc(Sc2c(C)nc(N3CCC4(CC3)Cc3ncccc3[C@H]4N)n3ccnc23)c1Cl. The zero-order chi connectivity index (χ0) is 25.7. The molecule has 5 heterocycles. The number of nitrogens with two attached hydrogens (primary N) is 1.